The molecule has 0 aromatic rings. The van der Waals surface area contributed by atoms with Crippen LogP contribution in [0.1, 0.15) is 112 Å². The first-order valence-electron chi connectivity index (χ1n) is 13.2. The molecule has 4 rings (SSSR count). The van der Waals surface area contributed by atoms with E-state index in [1.807, 2.05) is 0 Å². The minimum absolute atomic E-state index is 0.114. The number of esters is 1. The molecule has 2 nitrogen and oxygen atoms in total. The van der Waals surface area contributed by atoms with Crippen molar-refractivity contribution in [1.82, 2.24) is 0 Å². The van der Waals surface area contributed by atoms with E-state index >= 15 is 0 Å². The molecule has 0 bridgehead atoms. The first kappa shape index (κ1) is 22.4. The zero-order valence-corrected chi connectivity index (χ0v) is 20.3. The molecule has 3 fully saturated rings. The lowest BCUT2D eigenvalue weighted by atomic mass is 9.47. The number of hydrogen-bond acceptors (Lipinski definition) is 2. The zero-order valence-electron chi connectivity index (χ0n) is 20.3. The lowest BCUT2D eigenvalue weighted by Gasteiger charge is -2.58. The van der Waals surface area contributed by atoms with Gasteiger partial charge in [0.1, 0.15) is 6.10 Å². The number of rotatable bonds is 6. The van der Waals surface area contributed by atoms with E-state index in [1.54, 1.807) is 12.5 Å². The summed E-state index contributed by atoms with van der Waals surface area (Å²) >= 11 is 0. The molecule has 0 heterocycles. The van der Waals surface area contributed by atoms with Gasteiger partial charge in [0.15, 0.2) is 0 Å². The molecule has 6 unspecified atom stereocenters. The van der Waals surface area contributed by atoms with Crippen LogP contribution in [-0.2, 0) is 9.53 Å². The molecule has 2 heteroatoms. The lowest BCUT2D eigenvalue weighted by molar-refractivity contribution is -0.148. The molecule has 0 radical (unpaired) electrons. The van der Waals surface area contributed by atoms with Crippen molar-refractivity contribution in [2.75, 3.05) is 0 Å². The van der Waals surface area contributed by atoms with Crippen LogP contribution in [-0.4, -0.2) is 12.1 Å². The van der Waals surface area contributed by atoms with Gasteiger partial charge in [-0.3, -0.25) is 4.79 Å². The Kier molecular flexibility index (Phi) is 6.44. The van der Waals surface area contributed by atoms with Gasteiger partial charge in [0.2, 0.25) is 0 Å². The Balaban J connectivity index is 1.49. The second-order valence-electron chi connectivity index (χ2n) is 11.9. The minimum Gasteiger partial charge on any atom is -0.462 e. The SMILES string of the molecule is CCCCCC(C)C1CCC2C3CC=C4CC(OC(C)=O)CC[C@]4(C)C3CC[C@]12C. The van der Waals surface area contributed by atoms with E-state index in [0.29, 0.717) is 10.8 Å². The molecular formula is C28H46O2. The summed E-state index contributed by atoms with van der Waals surface area (Å²) in [6.45, 7) is 11.7. The Bertz CT molecular complexity index is 666. The van der Waals surface area contributed by atoms with Crippen LogP contribution in [0.25, 0.3) is 0 Å². The van der Waals surface area contributed by atoms with Crippen molar-refractivity contribution in [2.24, 2.45) is 40.4 Å². The lowest BCUT2D eigenvalue weighted by Crippen LogP contribution is -2.51. The Morgan fingerprint density at radius 1 is 1.13 bits per heavy atom. The van der Waals surface area contributed by atoms with Crippen molar-refractivity contribution in [2.45, 2.75) is 118 Å². The fourth-order valence-corrected chi connectivity index (χ4v) is 8.86. The molecular weight excluding hydrogens is 368 g/mol. The van der Waals surface area contributed by atoms with Gasteiger partial charge < -0.3 is 4.74 Å². The second kappa shape index (κ2) is 8.62. The number of unbranched alkanes of at least 4 members (excludes halogenated alkanes) is 2. The summed E-state index contributed by atoms with van der Waals surface area (Å²) in [4.78, 5) is 11.5. The van der Waals surface area contributed by atoms with Gasteiger partial charge in [-0.25, -0.2) is 0 Å². The van der Waals surface area contributed by atoms with Crippen molar-refractivity contribution in [3.05, 3.63) is 11.6 Å². The van der Waals surface area contributed by atoms with Gasteiger partial charge in [-0.1, -0.05) is 65.0 Å². The molecule has 0 saturated heterocycles. The van der Waals surface area contributed by atoms with E-state index in [4.69, 9.17) is 4.74 Å². The molecule has 30 heavy (non-hydrogen) atoms. The highest BCUT2D eigenvalue weighted by atomic mass is 16.5. The molecule has 3 saturated carbocycles. The fourth-order valence-electron chi connectivity index (χ4n) is 8.86. The summed E-state index contributed by atoms with van der Waals surface area (Å²) < 4.78 is 5.61. The predicted molar refractivity (Wildman–Crippen MR) is 124 cm³/mol. The number of carbonyl (C=O) groups excluding carboxylic acids is 1. The van der Waals surface area contributed by atoms with Crippen molar-refractivity contribution < 1.29 is 9.53 Å². The number of ether oxygens (including phenoxy) is 1. The monoisotopic (exact) mass is 414 g/mol. The first-order chi connectivity index (χ1) is 14.3. The highest BCUT2D eigenvalue weighted by molar-refractivity contribution is 5.66. The van der Waals surface area contributed by atoms with Crippen molar-refractivity contribution in [3.63, 3.8) is 0 Å². The molecule has 0 N–H and O–H groups in total. The standard InChI is InChI=1S/C28H46O2/c1-6-7-8-9-19(2)24-12-13-25-23-11-10-21-18-22(30-20(3)29)14-16-27(21,4)26(23)15-17-28(24,25)5/h10,19,22-26H,6-9,11-18H2,1-5H3/t19?,22?,23?,24?,25?,26?,27-,28+/m0/s1. The summed E-state index contributed by atoms with van der Waals surface area (Å²) in [5.41, 5.74) is 2.54. The van der Waals surface area contributed by atoms with Gasteiger partial charge in [-0.2, -0.15) is 0 Å². The van der Waals surface area contributed by atoms with Crippen LogP contribution in [0.15, 0.2) is 11.6 Å². The Hall–Kier alpha value is -0.790. The van der Waals surface area contributed by atoms with E-state index in [1.165, 1.54) is 64.2 Å². The Morgan fingerprint density at radius 3 is 2.67 bits per heavy atom. The molecule has 0 aromatic heterocycles. The number of hydrogen-bond donors (Lipinski definition) is 0. The van der Waals surface area contributed by atoms with E-state index in [-0.39, 0.29) is 12.1 Å². The van der Waals surface area contributed by atoms with E-state index < -0.39 is 0 Å². The van der Waals surface area contributed by atoms with Gasteiger partial charge in [0, 0.05) is 13.3 Å². The highest BCUT2D eigenvalue weighted by Crippen LogP contribution is 2.67. The quantitative estimate of drug-likeness (QED) is 0.253. The maximum absolute atomic E-state index is 11.5. The zero-order chi connectivity index (χ0) is 21.5. The van der Waals surface area contributed by atoms with Gasteiger partial charge in [0.05, 0.1) is 0 Å². The molecule has 0 aromatic carbocycles. The van der Waals surface area contributed by atoms with E-state index in [0.717, 1.165) is 42.4 Å². The van der Waals surface area contributed by atoms with Crippen LogP contribution in [0.3, 0.4) is 0 Å². The third-order valence-electron chi connectivity index (χ3n) is 10.4. The fraction of sp³-hybridized carbons (Fsp3) is 0.893. The summed E-state index contributed by atoms with van der Waals surface area (Å²) in [5.74, 6) is 4.39. The maximum Gasteiger partial charge on any atom is 0.302 e. The summed E-state index contributed by atoms with van der Waals surface area (Å²) in [7, 11) is 0. The van der Waals surface area contributed by atoms with Crippen LogP contribution in [0.2, 0.25) is 0 Å². The molecule has 0 spiro atoms. The number of fused-ring (bicyclic) bond motifs is 5. The van der Waals surface area contributed by atoms with E-state index in [2.05, 4.69) is 33.8 Å². The largest absolute Gasteiger partial charge is 0.462 e. The molecule has 170 valence electrons. The third kappa shape index (κ3) is 3.79. The normalized spacial score (nSPS) is 43.8. The average Bonchev–Trinajstić information content (AvgIpc) is 3.05. The van der Waals surface area contributed by atoms with Crippen molar-refractivity contribution in [3.8, 4) is 0 Å². The molecule has 4 aliphatic carbocycles. The topological polar surface area (TPSA) is 26.3 Å². The molecule has 0 aliphatic heterocycles. The predicted octanol–water partition coefficient (Wildman–Crippen LogP) is 7.71. The number of carbonyl (C=O) groups is 1. The van der Waals surface area contributed by atoms with Crippen molar-refractivity contribution in [1.29, 1.82) is 0 Å². The van der Waals surface area contributed by atoms with E-state index in [9.17, 15) is 4.79 Å². The first-order valence-corrected chi connectivity index (χ1v) is 13.2. The van der Waals surface area contributed by atoms with Crippen LogP contribution in [0.4, 0.5) is 0 Å². The third-order valence-corrected chi connectivity index (χ3v) is 10.4. The summed E-state index contributed by atoms with van der Waals surface area (Å²) in [6.07, 6.45) is 18.6. The van der Waals surface area contributed by atoms with Gasteiger partial charge >= 0.3 is 5.97 Å². The molecule has 0 amide bonds. The van der Waals surface area contributed by atoms with Crippen molar-refractivity contribution >= 4 is 5.97 Å². The number of allylic oxidation sites excluding steroid dienone is 1. The molecule has 4 aliphatic rings. The Morgan fingerprint density at radius 2 is 1.93 bits per heavy atom. The second-order valence-corrected chi connectivity index (χ2v) is 11.9. The van der Waals surface area contributed by atoms with Gasteiger partial charge in [-0.15, -0.1) is 0 Å². The average molecular weight is 415 g/mol. The van der Waals surface area contributed by atoms with Gasteiger partial charge in [0.25, 0.3) is 0 Å². The maximum atomic E-state index is 11.5. The summed E-state index contributed by atoms with van der Waals surface area (Å²) in [6, 6.07) is 0. The molecule has 8 atom stereocenters. The van der Waals surface area contributed by atoms with Crippen LogP contribution >= 0.6 is 0 Å². The van der Waals surface area contributed by atoms with Crippen LogP contribution in [0.5, 0.6) is 0 Å². The van der Waals surface area contributed by atoms with Crippen LogP contribution in [0, 0.1) is 40.4 Å². The smallest absolute Gasteiger partial charge is 0.302 e. The van der Waals surface area contributed by atoms with Crippen LogP contribution < -0.4 is 0 Å². The Labute approximate surface area is 185 Å². The summed E-state index contributed by atoms with van der Waals surface area (Å²) in [5, 5.41) is 0. The minimum atomic E-state index is -0.114. The van der Waals surface area contributed by atoms with Gasteiger partial charge in [-0.05, 0) is 85.4 Å². The highest BCUT2D eigenvalue weighted by Gasteiger charge is 2.59.